The average molecular weight is 261 g/mol. The van der Waals surface area contributed by atoms with Gasteiger partial charge in [0.2, 0.25) is 0 Å². The fraction of sp³-hybridized carbons (Fsp3) is 0.533. The summed E-state index contributed by atoms with van der Waals surface area (Å²) in [5.41, 5.74) is 0.982. The van der Waals surface area contributed by atoms with E-state index in [0.29, 0.717) is 25.0 Å². The Morgan fingerprint density at radius 3 is 2.79 bits per heavy atom. The van der Waals surface area contributed by atoms with Gasteiger partial charge < -0.3 is 14.7 Å². The van der Waals surface area contributed by atoms with E-state index in [1.807, 2.05) is 30.3 Å². The Bertz CT molecular complexity index is 446. The summed E-state index contributed by atoms with van der Waals surface area (Å²) in [6, 6.07) is 9.65. The molecule has 1 aliphatic heterocycles. The number of benzene rings is 1. The van der Waals surface area contributed by atoms with Crippen molar-refractivity contribution in [1.82, 2.24) is 4.90 Å². The van der Waals surface area contributed by atoms with Crippen LogP contribution in [0.5, 0.6) is 0 Å². The number of fused-ring (bicyclic) bond motifs is 1. The van der Waals surface area contributed by atoms with Crippen molar-refractivity contribution in [3.05, 3.63) is 35.9 Å². The molecule has 1 N–H and O–H groups in total. The highest BCUT2D eigenvalue weighted by molar-refractivity contribution is 5.67. The molecule has 4 nitrogen and oxygen atoms in total. The number of β-amino-alcohol motifs (C(OH)–C–C–N with tert-alkyl or cyclic N) is 1. The summed E-state index contributed by atoms with van der Waals surface area (Å²) >= 11 is 0. The third kappa shape index (κ3) is 3.07. The zero-order valence-corrected chi connectivity index (χ0v) is 10.9. The van der Waals surface area contributed by atoms with Crippen LogP contribution in [0.1, 0.15) is 18.4 Å². The number of carbonyl (C=O) groups is 1. The lowest BCUT2D eigenvalue weighted by Crippen LogP contribution is -2.37. The maximum Gasteiger partial charge on any atom is 0.410 e. The van der Waals surface area contributed by atoms with Crippen molar-refractivity contribution < 1.29 is 14.6 Å². The number of aliphatic hydroxyl groups is 1. The predicted octanol–water partition coefficient (Wildman–Crippen LogP) is 2.03. The van der Waals surface area contributed by atoms with E-state index in [2.05, 4.69) is 0 Å². The molecule has 102 valence electrons. The summed E-state index contributed by atoms with van der Waals surface area (Å²) in [5.74, 6) is 1.18. The quantitative estimate of drug-likeness (QED) is 0.886. The number of amides is 1. The van der Waals surface area contributed by atoms with Crippen LogP contribution in [0.3, 0.4) is 0 Å². The van der Waals surface area contributed by atoms with Gasteiger partial charge in [-0.3, -0.25) is 0 Å². The molecule has 1 heterocycles. The smallest absolute Gasteiger partial charge is 0.410 e. The standard InChI is InChI=1S/C15H19NO3/c17-14-7-12-6-13(12)8-16(9-14)15(18)19-10-11-4-2-1-3-5-11/h1-5,12-14,17H,6-10H2. The van der Waals surface area contributed by atoms with Gasteiger partial charge in [-0.1, -0.05) is 30.3 Å². The molecule has 0 bridgehead atoms. The van der Waals surface area contributed by atoms with Crippen molar-refractivity contribution in [2.75, 3.05) is 13.1 Å². The molecule has 2 aliphatic rings. The minimum absolute atomic E-state index is 0.292. The molecule has 3 unspecified atom stereocenters. The Balaban J connectivity index is 1.54. The van der Waals surface area contributed by atoms with Crippen LogP contribution in [-0.4, -0.2) is 35.3 Å². The van der Waals surface area contributed by atoms with Crippen LogP contribution >= 0.6 is 0 Å². The predicted molar refractivity (Wildman–Crippen MR) is 70.4 cm³/mol. The molecule has 1 aliphatic carbocycles. The first-order chi connectivity index (χ1) is 9.22. The Morgan fingerprint density at radius 2 is 2.00 bits per heavy atom. The molecule has 3 rings (SSSR count). The largest absolute Gasteiger partial charge is 0.445 e. The summed E-state index contributed by atoms with van der Waals surface area (Å²) < 4.78 is 5.31. The molecule has 1 amide bonds. The van der Waals surface area contributed by atoms with Gasteiger partial charge in [0.25, 0.3) is 0 Å². The molecule has 1 aromatic carbocycles. The van der Waals surface area contributed by atoms with Gasteiger partial charge >= 0.3 is 6.09 Å². The number of nitrogens with zero attached hydrogens (tertiary/aromatic N) is 1. The van der Waals surface area contributed by atoms with Crippen molar-refractivity contribution in [2.24, 2.45) is 11.8 Å². The summed E-state index contributed by atoms with van der Waals surface area (Å²) in [7, 11) is 0. The molecule has 3 atom stereocenters. The lowest BCUT2D eigenvalue weighted by Gasteiger charge is -2.22. The van der Waals surface area contributed by atoms with Crippen LogP contribution in [0.4, 0.5) is 4.79 Å². The number of carbonyl (C=O) groups excluding carboxylic acids is 1. The van der Waals surface area contributed by atoms with E-state index in [1.165, 1.54) is 0 Å². The highest BCUT2D eigenvalue weighted by Crippen LogP contribution is 2.44. The molecular formula is C15H19NO3. The van der Waals surface area contributed by atoms with E-state index in [-0.39, 0.29) is 6.09 Å². The van der Waals surface area contributed by atoms with Crippen LogP contribution in [0.2, 0.25) is 0 Å². The van der Waals surface area contributed by atoms with E-state index in [4.69, 9.17) is 4.74 Å². The van der Waals surface area contributed by atoms with E-state index in [9.17, 15) is 9.90 Å². The monoisotopic (exact) mass is 261 g/mol. The van der Waals surface area contributed by atoms with Gasteiger partial charge in [-0.25, -0.2) is 4.79 Å². The third-order valence-corrected chi connectivity index (χ3v) is 3.99. The molecule has 1 saturated heterocycles. The fourth-order valence-electron chi connectivity index (χ4n) is 2.82. The number of aliphatic hydroxyl groups excluding tert-OH is 1. The van der Waals surface area contributed by atoms with E-state index < -0.39 is 6.10 Å². The summed E-state index contributed by atoms with van der Waals surface area (Å²) in [5, 5.41) is 9.84. The van der Waals surface area contributed by atoms with Gasteiger partial charge in [0.05, 0.1) is 6.10 Å². The van der Waals surface area contributed by atoms with Crippen molar-refractivity contribution in [3.8, 4) is 0 Å². The minimum Gasteiger partial charge on any atom is -0.445 e. The first-order valence-electron chi connectivity index (χ1n) is 6.86. The Labute approximate surface area is 113 Å². The van der Waals surface area contributed by atoms with E-state index in [0.717, 1.165) is 24.9 Å². The number of likely N-dealkylation sites (tertiary alicyclic amines) is 1. The van der Waals surface area contributed by atoms with Gasteiger partial charge in [-0.15, -0.1) is 0 Å². The SMILES string of the molecule is O=C(OCc1ccccc1)N1CC(O)CC2CC2C1. The molecule has 0 aromatic heterocycles. The van der Waals surface area contributed by atoms with Crippen LogP contribution < -0.4 is 0 Å². The van der Waals surface area contributed by atoms with Gasteiger partial charge in [-0.05, 0) is 30.2 Å². The Hall–Kier alpha value is -1.55. The van der Waals surface area contributed by atoms with Crippen LogP contribution in [-0.2, 0) is 11.3 Å². The molecule has 0 radical (unpaired) electrons. The normalized spacial score (nSPS) is 29.3. The number of rotatable bonds is 2. The van der Waals surface area contributed by atoms with Crippen molar-refractivity contribution in [2.45, 2.75) is 25.6 Å². The Kier molecular flexibility index (Phi) is 3.42. The molecule has 19 heavy (non-hydrogen) atoms. The maximum absolute atomic E-state index is 12.0. The number of hydrogen-bond donors (Lipinski definition) is 1. The highest BCUT2D eigenvalue weighted by atomic mass is 16.6. The van der Waals surface area contributed by atoms with Crippen molar-refractivity contribution >= 4 is 6.09 Å². The molecule has 0 spiro atoms. The molecule has 2 fully saturated rings. The van der Waals surface area contributed by atoms with Crippen molar-refractivity contribution in [1.29, 1.82) is 0 Å². The average Bonchev–Trinajstić information content (AvgIpc) is 3.14. The summed E-state index contributed by atoms with van der Waals surface area (Å²) in [6.07, 6.45) is 1.25. The number of ether oxygens (including phenoxy) is 1. The van der Waals surface area contributed by atoms with Gasteiger partial charge in [0.1, 0.15) is 6.61 Å². The van der Waals surface area contributed by atoms with Crippen LogP contribution in [0, 0.1) is 11.8 Å². The lowest BCUT2D eigenvalue weighted by atomic mass is 10.2. The topological polar surface area (TPSA) is 49.8 Å². The van der Waals surface area contributed by atoms with Gasteiger partial charge in [-0.2, -0.15) is 0 Å². The second kappa shape index (κ2) is 5.21. The summed E-state index contributed by atoms with van der Waals surface area (Å²) in [4.78, 5) is 13.7. The fourth-order valence-corrected chi connectivity index (χ4v) is 2.82. The van der Waals surface area contributed by atoms with Gasteiger partial charge in [0, 0.05) is 13.1 Å². The molecule has 4 heteroatoms. The van der Waals surface area contributed by atoms with E-state index in [1.54, 1.807) is 4.90 Å². The number of hydrogen-bond acceptors (Lipinski definition) is 3. The second-order valence-electron chi connectivity index (χ2n) is 5.59. The van der Waals surface area contributed by atoms with Gasteiger partial charge in [0.15, 0.2) is 0 Å². The third-order valence-electron chi connectivity index (χ3n) is 3.99. The first-order valence-corrected chi connectivity index (χ1v) is 6.86. The van der Waals surface area contributed by atoms with E-state index >= 15 is 0 Å². The Morgan fingerprint density at radius 1 is 1.21 bits per heavy atom. The zero-order valence-electron chi connectivity index (χ0n) is 10.9. The second-order valence-corrected chi connectivity index (χ2v) is 5.59. The van der Waals surface area contributed by atoms with Crippen LogP contribution in [0.15, 0.2) is 30.3 Å². The minimum atomic E-state index is -0.401. The van der Waals surface area contributed by atoms with Crippen molar-refractivity contribution in [3.63, 3.8) is 0 Å². The van der Waals surface area contributed by atoms with Crippen LogP contribution in [0.25, 0.3) is 0 Å². The zero-order chi connectivity index (χ0) is 13.2. The highest BCUT2D eigenvalue weighted by Gasteiger charge is 2.43. The first kappa shape index (κ1) is 12.5. The molecule has 1 aromatic rings. The summed E-state index contributed by atoms with van der Waals surface area (Å²) in [6.45, 7) is 1.43. The maximum atomic E-state index is 12.0. The molecule has 1 saturated carbocycles. The molecular weight excluding hydrogens is 242 g/mol. The lowest BCUT2D eigenvalue weighted by molar-refractivity contribution is 0.0705.